The highest BCUT2D eigenvalue weighted by Gasteiger charge is 2.11. The molecule has 0 N–H and O–H groups in total. The van der Waals surface area contributed by atoms with Gasteiger partial charge >= 0.3 is 5.63 Å². The predicted molar refractivity (Wildman–Crippen MR) is 96.9 cm³/mol. The molecule has 0 saturated carbocycles. The molecule has 0 unspecified atom stereocenters. The van der Waals surface area contributed by atoms with Crippen LogP contribution < -0.4 is 10.4 Å². The molecule has 4 heteroatoms. The second kappa shape index (κ2) is 7.54. The lowest BCUT2D eigenvalue weighted by Gasteiger charge is -2.11. The lowest BCUT2D eigenvalue weighted by atomic mass is 10.0. The van der Waals surface area contributed by atoms with Crippen LogP contribution in [0.5, 0.6) is 5.75 Å². The van der Waals surface area contributed by atoms with Gasteiger partial charge < -0.3 is 9.15 Å². The zero-order valence-electron chi connectivity index (χ0n) is 13.5. The second-order valence-electron chi connectivity index (χ2n) is 5.75. The Kier molecular flexibility index (Phi) is 5.21. The molecule has 0 fully saturated rings. The summed E-state index contributed by atoms with van der Waals surface area (Å²) in [6, 6.07) is 14.9. The molecule has 0 spiro atoms. The fourth-order valence-corrected chi connectivity index (χ4v) is 2.87. The van der Waals surface area contributed by atoms with Crippen LogP contribution in [0.25, 0.3) is 11.0 Å². The maximum Gasteiger partial charge on any atom is 0.336 e. The Morgan fingerprint density at radius 1 is 1.12 bits per heavy atom. The van der Waals surface area contributed by atoms with Gasteiger partial charge in [-0.1, -0.05) is 55.3 Å². The molecule has 3 nitrogen and oxygen atoms in total. The van der Waals surface area contributed by atoms with Crippen molar-refractivity contribution in [3.05, 3.63) is 75.1 Å². The lowest BCUT2D eigenvalue weighted by Crippen LogP contribution is -2.02. The van der Waals surface area contributed by atoms with Gasteiger partial charge in [0.25, 0.3) is 0 Å². The number of fused-ring (bicyclic) bond motifs is 1. The number of ether oxygens (including phenoxy) is 1. The summed E-state index contributed by atoms with van der Waals surface area (Å²) in [5.41, 5.74) is 2.19. The first-order valence-corrected chi connectivity index (χ1v) is 8.48. The van der Waals surface area contributed by atoms with Crippen LogP contribution in [0, 0.1) is 0 Å². The molecule has 0 atom stereocenters. The number of benzene rings is 2. The van der Waals surface area contributed by atoms with E-state index in [4.69, 9.17) is 20.8 Å². The van der Waals surface area contributed by atoms with E-state index < -0.39 is 0 Å². The first-order valence-electron chi connectivity index (χ1n) is 8.10. The van der Waals surface area contributed by atoms with Gasteiger partial charge in [-0.2, -0.15) is 0 Å². The van der Waals surface area contributed by atoms with Crippen molar-refractivity contribution in [3.8, 4) is 5.75 Å². The monoisotopic (exact) mass is 342 g/mol. The normalized spacial score (nSPS) is 10.9. The molecule has 24 heavy (non-hydrogen) atoms. The van der Waals surface area contributed by atoms with E-state index in [0.29, 0.717) is 23.0 Å². The second-order valence-corrected chi connectivity index (χ2v) is 6.15. The third-order valence-electron chi connectivity index (χ3n) is 3.92. The number of rotatable bonds is 6. The van der Waals surface area contributed by atoms with Gasteiger partial charge in [-0.15, -0.1) is 0 Å². The summed E-state index contributed by atoms with van der Waals surface area (Å²) < 4.78 is 11.1. The third kappa shape index (κ3) is 3.80. The van der Waals surface area contributed by atoms with Crippen molar-refractivity contribution in [3.63, 3.8) is 0 Å². The van der Waals surface area contributed by atoms with Gasteiger partial charge in [0.15, 0.2) is 0 Å². The van der Waals surface area contributed by atoms with Crippen LogP contribution in [0.1, 0.15) is 30.9 Å². The highest BCUT2D eigenvalue weighted by Crippen LogP contribution is 2.32. The van der Waals surface area contributed by atoms with Crippen molar-refractivity contribution >= 4 is 22.6 Å². The van der Waals surface area contributed by atoms with E-state index in [1.165, 1.54) is 0 Å². The molecular weight excluding hydrogens is 324 g/mol. The van der Waals surface area contributed by atoms with Gasteiger partial charge in [0.1, 0.15) is 17.9 Å². The van der Waals surface area contributed by atoms with Crippen LogP contribution in [0.2, 0.25) is 5.02 Å². The Morgan fingerprint density at radius 3 is 2.67 bits per heavy atom. The fourth-order valence-electron chi connectivity index (χ4n) is 2.65. The molecule has 1 heterocycles. The molecule has 124 valence electrons. The molecule has 3 aromatic rings. The van der Waals surface area contributed by atoms with Gasteiger partial charge in [0.2, 0.25) is 0 Å². The Bertz CT molecular complexity index is 885. The molecule has 0 saturated heterocycles. The fraction of sp³-hybridized carbons (Fsp3) is 0.250. The summed E-state index contributed by atoms with van der Waals surface area (Å²) in [5.74, 6) is 0.517. The van der Waals surface area contributed by atoms with Crippen molar-refractivity contribution in [2.45, 2.75) is 32.8 Å². The van der Waals surface area contributed by atoms with E-state index in [9.17, 15) is 4.79 Å². The number of unbranched alkanes of at least 4 members (excludes halogenated alkanes) is 1. The standard InChI is InChI=1S/C20H19ClO3/c1-2-3-9-15-10-20(22)24-18-12-19(17(21)11-16(15)18)23-13-14-7-5-4-6-8-14/h4-8,10-12H,2-3,9,13H2,1H3. The Labute approximate surface area is 145 Å². The number of hydrogen-bond acceptors (Lipinski definition) is 3. The molecule has 3 rings (SSSR count). The molecule has 0 aliphatic heterocycles. The van der Waals surface area contributed by atoms with E-state index in [2.05, 4.69) is 6.92 Å². The highest BCUT2D eigenvalue weighted by atomic mass is 35.5. The van der Waals surface area contributed by atoms with Crippen LogP contribution in [0.15, 0.2) is 57.7 Å². The highest BCUT2D eigenvalue weighted by molar-refractivity contribution is 6.32. The Morgan fingerprint density at radius 2 is 1.92 bits per heavy atom. The van der Waals surface area contributed by atoms with E-state index in [1.807, 2.05) is 36.4 Å². The lowest BCUT2D eigenvalue weighted by molar-refractivity contribution is 0.306. The molecule has 1 aromatic heterocycles. The van der Waals surface area contributed by atoms with Crippen LogP contribution in [-0.2, 0) is 13.0 Å². The van der Waals surface area contributed by atoms with Gasteiger partial charge in [-0.05, 0) is 30.0 Å². The van der Waals surface area contributed by atoms with E-state index in [0.717, 1.165) is 35.8 Å². The quantitative estimate of drug-likeness (QED) is 0.565. The maximum absolute atomic E-state index is 11.8. The molecule has 0 bridgehead atoms. The SMILES string of the molecule is CCCCc1cc(=O)oc2cc(OCc3ccccc3)c(Cl)cc12. The first kappa shape index (κ1) is 16.6. The zero-order valence-corrected chi connectivity index (χ0v) is 14.3. The van der Waals surface area contributed by atoms with Crippen molar-refractivity contribution in [2.75, 3.05) is 0 Å². The predicted octanol–water partition coefficient (Wildman–Crippen LogP) is 5.37. The summed E-state index contributed by atoms with van der Waals surface area (Å²) >= 11 is 6.37. The minimum absolute atomic E-state index is 0.343. The molecular formula is C20H19ClO3. The summed E-state index contributed by atoms with van der Waals surface area (Å²) in [6.45, 7) is 2.53. The number of halogens is 1. The van der Waals surface area contributed by atoms with Crippen molar-refractivity contribution in [1.82, 2.24) is 0 Å². The zero-order chi connectivity index (χ0) is 16.9. The summed E-state index contributed by atoms with van der Waals surface area (Å²) in [5, 5.41) is 1.39. The van der Waals surface area contributed by atoms with Crippen molar-refractivity contribution < 1.29 is 9.15 Å². The average Bonchev–Trinajstić information content (AvgIpc) is 2.59. The van der Waals surface area contributed by atoms with Crippen molar-refractivity contribution in [1.29, 1.82) is 0 Å². The molecule has 2 aromatic carbocycles. The smallest absolute Gasteiger partial charge is 0.336 e. The average molecular weight is 343 g/mol. The van der Waals surface area contributed by atoms with Crippen LogP contribution in [0.3, 0.4) is 0 Å². The van der Waals surface area contributed by atoms with Crippen molar-refractivity contribution in [2.24, 2.45) is 0 Å². The minimum atomic E-state index is -0.343. The largest absolute Gasteiger partial charge is 0.487 e. The van der Waals surface area contributed by atoms with Gasteiger partial charge in [0.05, 0.1) is 5.02 Å². The Hall–Kier alpha value is -2.26. The Balaban J connectivity index is 1.93. The van der Waals surface area contributed by atoms with Gasteiger partial charge in [0, 0.05) is 17.5 Å². The number of aryl methyl sites for hydroxylation is 1. The van der Waals surface area contributed by atoms with Gasteiger partial charge in [-0.3, -0.25) is 0 Å². The maximum atomic E-state index is 11.8. The van der Waals surface area contributed by atoms with Gasteiger partial charge in [-0.25, -0.2) is 4.79 Å². The first-order chi connectivity index (χ1) is 11.7. The van der Waals surface area contributed by atoms with Crippen LogP contribution in [0.4, 0.5) is 0 Å². The van der Waals surface area contributed by atoms with Crippen LogP contribution in [-0.4, -0.2) is 0 Å². The summed E-state index contributed by atoms with van der Waals surface area (Å²) in [6.07, 6.45) is 2.91. The van der Waals surface area contributed by atoms with Crippen LogP contribution >= 0.6 is 11.6 Å². The number of hydrogen-bond donors (Lipinski definition) is 0. The van der Waals surface area contributed by atoms with E-state index >= 15 is 0 Å². The summed E-state index contributed by atoms with van der Waals surface area (Å²) in [4.78, 5) is 11.8. The van der Waals surface area contributed by atoms with E-state index in [1.54, 1.807) is 12.1 Å². The molecule has 0 amide bonds. The summed E-state index contributed by atoms with van der Waals surface area (Å²) in [7, 11) is 0. The molecule has 0 aliphatic rings. The minimum Gasteiger partial charge on any atom is -0.487 e. The molecule has 0 aliphatic carbocycles. The third-order valence-corrected chi connectivity index (χ3v) is 4.21. The van der Waals surface area contributed by atoms with E-state index in [-0.39, 0.29) is 5.63 Å². The topological polar surface area (TPSA) is 39.4 Å². The molecule has 0 radical (unpaired) electrons.